The summed E-state index contributed by atoms with van der Waals surface area (Å²) in [6.07, 6.45) is 5.27. The van der Waals surface area contributed by atoms with Gasteiger partial charge in [-0.2, -0.15) is 0 Å². The molecule has 178 valence electrons. The van der Waals surface area contributed by atoms with Crippen LogP contribution >= 0.6 is 11.8 Å². The van der Waals surface area contributed by atoms with Crippen molar-refractivity contribution in [3.8, 4) is 12.3 Å². The highest BCUT2D eigenvalue weighted by atomic mass is 32.2. The summed E-state index contributed by atoms with van der Waals surface area (Å²) in [6.45, 7) is 7.32. The molecular weight excluding hydrogens is 456 g/mol. The Morgan fingerprint density at radius 1 is 1.06 bits per heavy atom. The zero-order valence-corrected chi connectivity index (χ0v) is 20.9. The fraction of sp³-hybridized carbons (Fsp3) is 0.241. The lowest BCUT2D eigenvalue weighted by Crippen LogP contribution is -2.34. The number of anilines is 2. The summed E-state index contributed by atoms with van der Waals surface area (Å²) in [5.74, 6) is 2.17. The van der Waals surface area contributed by atoms with E-state index in [0.717, 1.165) is 15.5 Å². The van der Waals surface area contributed by atoms with Crippen molar-refractivity contribution in [3.63, 3.8) is 0 Å². The van der Waals surface area contributed by atoms with Crippen molar-refractivity contribution in [1.29, 1.82) is 0 Å². The molecule has 0 saturated heterocycles. The SMILES string of the molecule is C#CCOCCN1C(=O)c2ccccc2Sc2cc(NC(=O)c3ccc(C(C)(C)C)cc3)ccc21. The number of nitrogens with zero attached hydrogens (tertiary/aromatic N) is 1. The molecule has 0 unspecified atom stereocenters. The second kappa shape index (κ2) is 10.4. The lowest BCUT2D eigenvalue weighted by molar-refractivity contribution is 0.0967. The van der Waals surface area contributed by atoms with Crippen molar-refractivity contribution >= 4 is 35.0 Å². The lowest BCUT2D eigenvalue weighted by Gasteiger charge is -2.23. The van der Waals surface area contributed by atoms with E-state index in [4.69, 9.17) is 11.2 Å². The second-order valence-corrected chi connectivity index (χ2v) is 10.4. The number of fused-ring (bicyclic) bond motifs is 2. The summed E-state index contributed by atoms with van der Waals surface area (Å²) in [6, 6.07) is 20.8. The van der Waals surface area contributed by atoms with Crippen LogP contribution < -0.4 is 10.2 Å². The summed E-state index contributed by atoms with van der Waals surface area (Å²) in [5, 5.41) is 2.99. The van der Waals surface area contributed by atoms with Crippen LogP contribution in [-0.4, -0.2) is 31.6 Å². The molecule has 0 aromatic heterocycles. The number of carbonyl (C=O) groups is 2. The van der Waals surface area contributed by atoms with Gasteiger partial charge >= 0.3 is 0 Å². The first-order valence-corrected chi connectivity index (χ1v) is 12.3. The molecule has 0 radical (unpaired) electrons. The molecule has 3 aromatic carbocycles. The van der Waals surface area contributed by atoms with Crippen molar-refractivity contribution in [2.45, 2.75) is 36.0 Å². The van der Waals surface area contributed by atoms with Crippen LogP contribution in [0.3, 0.4) is 0 Å². The van der Waals surface area contributed by atoms with Gasteiger partial charge < -0.3 is 15.0 Å². The topological polar surface area (TPSA) is 58.6 Å². The molecular formula is C29H28N2O3S. The first-order chi connectivity index (χ1) is 16.8. The van der Waals surface area contributed by atoms with Gasteiger partial charge in [-0.3, -0.25) is 9.59 Å². The summed E-state index contributed by atoms with van der Waals surface area (Å²) in [7, 11) is 0. The predicted molar refractivity (Wildman–Crippen MR) is 141 cm³/mol. The van der Waals surface area contributed by atoms with E-state index in [1.807, 2.05) is 66.7 Å². The van der Waals surface area contributed by atoms with Crippen LogP contribution in [0.4, 0.5) is 11.4 Å². The van der Waals surface area contributed by atoms with Gasteiger partial charge in [-0.1, -0.05) is 62.7 Å². The van der Waals surface area contributed by atoms with E-state index in [-0.39, 0.29) is 23.8 Å². The molecule has 5 nitrogen and oxygen atoms in total. The molecule has 1 heterocycles. The minimum atomic E-state index is -0.181. The molecule has 0 spiro atoms. The minimum Gasteiger partial charge on any atom is -0.367 e. The van der Waals surface area contributed by atoms with Crippen molar-refractivity contribution < 1.29 is 14.3 Å². The first kappa shape index (κ1) is 24.6. The van der Waals surface area contributed by atoms with Gasteiger partial charge in [0.2, 0.25) is 0 Å². The van der Waals surface area contributed by atoms with Crippen LogP contribution in [0.2, 0.25) is 0 Å². The standard InChI is InChI=1S/C29H28N2O3S/c1-5-17-34-18-16-31-24-15-14-22(19-26(24)35-25-9-7-6-8-23(25)28(31)33)30-27(32)20-10-12-21(13-11-20)29(2,3)4/h1,6-15,19H,16-18H2,2-4H3,(H,30,32). The third kappa shape index (κ3) is 5.59. The molecule has 1 aliphatic rings. The third-order valence-electron chi connectivity index (χ3n) is 5.75. The molecule has 0 aliphatic carbocycles. The zero-order chi connectivity index (χ0) is 25.0. The highest BCUT2D eigenvalue weighted by Gasteiger charge is 2.27. The van der Waals surface area contributed by atoms with Crippen LogP contribution in [0, 0.1) is 12.3 Å². The maximum absolute atomic E-state index is 13.4. The molecule has 3 aromatic rings. The molecule has 0 bridgehead atoms. The minimum absolute atomic E-state index is 0.0225. The molecule has 6 heteroatoms. The van der Waals surface area contributed by atoms with E-state index < -0.39 is 0 Å². The second-order valence-electron chi connectivity index (χ2n) is 9.28. The Kier molecular flexibility index (Phi) is 7.30. The van der Waals surface area contributed by atoms with Gasteiger partial charge in [-0.25, -0.2) is 0 Å². The largest absolute Gasteiger partial charge is 0.367 e. The number of hydrogen-bond donors (Lipinski definition) is 1. The monoisotopic (exact) mass is 484 g/mol. The number of amides is 2. The average molecular weight is 485 g/mol. The van der Waals surface area contributed by atoms with Gasteiger partial charge in [-0.05, 0) is 53.4 Å². The number of hydrogen-bond acceptors (Lipinski definition) is 4. The van der Waals surface area contributed by atoms with Crippen molar-refractivity contribution in [3.05, 3.63) is 83.4 Å². The molecule has 1 aliphatic heterocycles. The van der Waals surface area contributed by atoms with E-state index in [0.29, 0.717) is 30.0 Å². The van der Waals surface area contributed by atoms with E-state index >= 15 is 0 Å². The molecule has 1 N–H and O–H groups in total. The number of carbonyl (C=O) groups excluding carboxylic acids is 2. The third-order valence-corrected chi connectivity index (χ3v) is 6.87. The van der Waals surface area contributed by atoms with Crippen LogP contribution in [0.25, 0.3) is 0 Å². The Morgan fingerprint density at radius 2 is 1.80 bits per heavy atom. The normalized spacial score (nSPS) is 12.9. The molecule has 35 heavy (non-hydrogen) atoms. The molecule has 0 saturated carbocycles. The molecule has 0 fully saturated rings. The molecule has 2 amide bonds. The number of terminal acetylenes is 1. The van der Waals surface area contributed by atoms with E-state index in [2.05, 4.69) is 32.0 Å². The van der Waals surface area contributed by atoms with Crippen LogP contribution in [0.15, 0.2) is 76.5 Å². The number of benzene rings is 3. The Hall–Kier alpha value is -3.53. The maximum Gasteiger partial charge on any atom is 0.259 e. The van der Waals surface area contributed by atoms with Crippen LogP contribution in [0.1, 0.15) is 47.1 Å². The summed E-state index contributed by atoms with van der Waals surface area (Å²) >= 11 is 1.51. The van der Waals surface area contributed by atoms with E-state index in [1.54, 1.807) is 4.90 Å². The van der Waals surface area contributed by atoms with Crippen molar-refractivity contribution in [2.75, 3.05) is 30.0 Å². The van der Waals surface area contributed by atoms with Gasteiger partial charge in [-0.15, -0.1) is 6.42 Å². The summed E-state index contributed by atoms with van der Waals surface area (Å²) < 4.78 is 5.44. The Morgan fingerprint density at radius 3 is 2.51 bits per heavy atom. The van der Waals surface area contributed by atoms with Gasteiger partial charge in [0, 0.05) is 27.6 Å². The lowest BCUT2D eigenvalue weighted by atomic mass is 9.87. The Balaban J connectivity index is 1.60. The molecule has 4 rings (SSSR count). The van der Waals surface area contributed by atoms with Gasteiger partial charge in [0.05, 0.1) is 17.9 Å². The fourth-order valence-corrected chi connectivity index (χ4v) is 4.95. The van der Waals surface area contributed by atoms with E-state index in [9.17, 15) is 9.59 Å². The van der Waals surface area contributed by atoms with E-state index in [1.165, 1.54) is 17.3 Å². The van der Waals surface area contributed by atoms with Crippen molar-refractivity contribution in [1.82, 2.24) is 0 Å². The number of ether oxygens (including phenoxy) is 1. The van der Waals surface area contributed by atoms with Crippen LogP contribution in [-0.2, 0) is 10.2 Å². The Labute approximate surface area is 210 Å². The Bertz CT molecular complexity index is 1290. The first-order valence-electron chi connectivity index (χ1n) is 11.4. The summed E-state index contributed by atoms with van der Waals surface area (Å²) in [5.41, 5.74) is 3.85. The quantitative estimate of drug-likeness (QED) is 0.345. The van der Waals surface area contributed by atoms with Gasteiger partial charge in [0.15, 0.2) is 0 Å². The smallest absolute Gasteiger partial charge is 0.259 e. The molecule has 0 atom stereocenters. The fourth-order valence-electron chi connectivity index (χ4n) is 3.84. The van der Waals surface area contributed by atoms with Crippen molar-refractivity contribution in [2.24, 2.45) is 0 Å². The average Bonchev–Trinajstić information content (AvgIpc) is 2.95. The number of rotatable bonds is 6. The highest BCUT2D eigenvalue weighted by Crippen LogP contribution is 2.42. The van der Waals surface area contributed by atoms with Crippen LogP contribution in [0.5, 0.6) is 0 Å². The maximum atomic E-state index is 13.4. The highest BCUT2D eigenvalue weighted by molar-refractivity contribution is 7.99. The predicted octanol–water partition coefficient (Wildman–Crippen LogP) is 6.00. The zero-order valence-electron chi connectivity index (χ0n) is 20.1. The van der Waals surface area contributed by atoms with Gasteiger partial charge in [0.1, 0.15) is 6.61 Å². The number of nitrogens with one attached hydrogen (secondary N) is 1. The summed E-state index contributed by atoms with van der Waals surface area (Å²) in [4.78, 5) is 29.7. The van der Waals surface area contributed by atoms with Gasteiger partial charge in [0.25, 0.3) is 11.8 Å².